The minimum atomic E-state index is -0.105. The van der Waals surface area contributed by atoms with E-state index in [1.807, 2.05) is 54.1 Å². The average molecular weight is 311 g/mol. The molecule has 4 nitrogen and oxygen atoms in total. The van der Waals surface area contributed by atoms with Gasteiger partial charge in [0.25, 0.3) is 5.91 Å². The van der Waals surface area contributed by atoms with Crippen LogP contribution in [0, 0.1) is 0 Å². The molecular weight excluding hydrogens is 294 g/mol. The highest BCUT2D eigenvalue weighted by Gasteiger charge is 2.15. The van der Waals surface area contributed by atoms with Crippen molar-refractivity contribution in [2.75, 3.05) is 6.54 Å². The lowest BCUT2D eigenvalue weighted by Crippen LogP contribution is -2.25. The maximum absolute atomic E-state index is 12.5. The highest BCUT2D eigenvalue weighted by Crippen LogP contribution is 2.21. The first-order valence-corrected chi connectivity index (χ1v) is 8.19. The topological polar surface area (TPSA) is 57.8 Å². The van der Waals surface area contributed by atoms with Crippen molar-refractivity contribution in [3.8, 4) is 0 Å². The van der Waals surface area contributed by atoms with E-state index in [-0.39, 0.29) is 5.91 Å². The summed E-state index contributed by atoms with van der Waals surface area (Å²) in [4.78, 5) is 20.2. The first-order valence-electron chi connectivity index (χ1n) is 7.25. The fourth-order valence-electron chi connectivity index (χ4n) is 2.18. The number of thiophene rings is 1. The number of benzene rings is 1. The molecule has 0 aliphatic rings. The molecule has 0 radical (unpaired) electrons. The van der Waals surface area contributed by atoms with Crippen LogP contribution in [0.4, 0.5) is 0 Å². The maximum Gasteiger partial charge on any atom is 0.255 e. The van der Waals surface area contributed by atoms with E-state index < -0.39 is 0 Å². The molecule has 0 saturated heterocycles. The summed E-state index contributed by atoms with van der Waals surface area (Å²) in [6.45, 7) is 2.68. The Bertz CT molecular complexity index is 769. The molecule has 0 atom stereocenters. The standard InChI is InChI=1S/C17H17N3OS/c1-2-8-18-17(21)13(10-12-7-9-22-11-12)16-19-14-5-3-4-6-15(14)20-16/h3-7,9-11H,2,8H2,1H3,(H,18,21)(H,19,20)/b13-10+. The first-order chi connectivity index (χ1) is 10.8. The Morgan fingerprint density at radius 3 is 2.95 bits per heavy atom. The van der Waals surface area contributed by atoms with E-state index in [2.05, 4.69) is 15.3 Å². The number of carbonyl (C=O) groups excluding carboxylic acids is 1. The molecule has 0 spiro atoms. The Morgan fingerprint density at radius 1 is 1.36 bits per heavy atom. The zero-order valence-corrected chi connectivity index (χ0v) is 13.1. The average Bonchev–Trinajstić information content (AvgIpc) is 3.18. The second kappa shape index (κ2) is 6.58. The predicted octanol–water partition coefficient (Wildman–Crippen LogP) is 3.69. The molecule has 0 aliphatic heterocycles. The number of aromatic amines is 1. The number of para-hydroxylation sites is 2. The Balaban J connectivity index is 2.02. The van der Waals surface area contributed by atoms with Gasteiger partial charge in [0.15, 0.2) is 0 Å². The van der Waals surface area contributed by atoms with Crippen molar-refractivity contribution in [1.29, 1.82) is 0 Å². The van der Waals surface area contributed by atoms with Crippen LogP contribution in [0.3, 0.4) is 0 Å². The molecule has 112 valence electrons. The quantitative estimate of drug-likeness (QED) is 0.706. The number of aromatic nitrogens is 2. The van der Waals surface area contributed by atoms with Gasteiger partial charge in [-0.3, -0.25) is 4.79 Å². The summed E-state index contributed by atoms with van der Waals surface area (Å²) in [5.74, 6) is 0.494. The van der Waals surface area contributed by atoms with Crippen LogP contribution in [0.1, 0.15) is 24.7 Å². The van der Waals surface area contributed by atoms with Crippen molar-refractivity contribution in [1.82, 2.24) is 15.3 Å². The molecule has 2 N–H and O–H groups in total. The molecule has 0 saturated carbocycles. The molecule has 2 heterocycles. The second-order valence-corrected chi connectivity index (χ2v) is 5.75. The van der Waals surface area contributed by atoms with Crippen LogP contribution in [0.5, 0.6) is 0 Å². The highest BCUT2D eigenvalue weighted by molar-refractivity contribution is 7.08. The molecule has 0 unspecified atom stereocenters. The molecule has 3 rings (SSSR count). The van der Waals surface area contributed by atoms with E-state index >= 15 is 0 Å². The van der Waals surface area contributed by atoms with Gasteiger partial charge in [0.1, 0.15) is 5.82 Å². The van der Waals surface area contributed by atoms with Crippen molar-refractivity contribution in [2.45, 2.75) is 13.3 Å². The third-order valence-corrected chi connectivity index (χ3v) is 3.98. The summed E-state index contributed by atoms with van der Waals surface area (Å²) < 4.78 is 0. The number of carbonyl (C=O) groups is 1. The van der Waals surface area contributed by atoms with Gasteiger partial charge in [-0.25, -0.2) is 4.98 Å². The Labute approximate surface area is 132 Å². The van der Waals surface area contributed by atoms with Gasteiger partial charge in [-0.15, -0.1) is 0 Å². The van der Waals surface area contributed by atoms with Gasteiger partial charge < -0.3 is 10.3 Å². The lowest BCUT2D eigenvalue weighted by molar-refractivity contribution is -0.115. The lowest BCUT2D eigenvalue weighted by Gasteiger charge is -2.05. The van der Waals surface area contributed by atoms with E-state index in [1.165, 1.54) is 0 Å². The van der Waals surface area contributed by atoms with Gasteiger partial charge in [-0.1, -0.05) is 19.1 Å². The first kappa shape index (κ1) is 14.5. The van der Waals surface area contributed by atoms with Gasteiger partial charge in [0.05, 0.1) is 16.6 Å². The maximum atomic E-state index is 12.5. The number of rotatable bonds is 5. The fraction of sp³-hybridized carbons (Fsp3) is 0.176. The van der Waals surface area contributed by atoms with Gasteiger partial charge >= 0.3 is 0 Å². The highest BCUT2D eigenvalue weighted by atomic mass is 32.1. The number of fused-ring (bicyclic) bond motifs is 1. The van der Waals surface area contributed by atoms with Crippen LogP contribution < -0.4 is 5.32 Å². The van der Waals surface area contributed by atoms with Crippen LogP contribution in [-0.2, 0) is 4.79 Å². The second-order valence-electron chi connectivity index (χ2n) is 4.97. The van der Waals surface area contributed by atoms with E-state index in [0.29, 0.717) is 17.9 Å². The van der Waals surface area contributed by atoms with Crippen LogP contribution in [0.25, 0.3) is 22.7 Å². The Morgan fingerprint density at radius 2 is 2.23 bits per heavy atom. The zero-order chi connectivity index (χ0) is 15.4. The van der Waals surface area contributed by atoms with Crippen molar-refractivity contribution in [3.63, 3.8) is 0 Å². The third kappa shape index (κ3) is 3.09. The number of hydrogen-bond acceptors (Lipinski definition) is 3. The number of nitrogens with zero attached hydrogens (tertiary/aromatic N) is 1. The summed E-state index contributed by atoms with van der Waals surface area (Å²) in [6, 6.07) is 9.76. The summed E-state index contributed by atoms with van der Waals surface area (Å²) in [5, 5.41) is 6.93. The number of H-pyrrole nitrogens is 1. The van der Waals surface area contributed by atoms with E-state index in [4.69, 9.17) is 0 Å². The fourth-order valence-corrected chi connectivity index (χ4v) is 2.80. The van der Waals surface area contributed by atoms with Crippen molar-refractivity contribution >= 4 is 39.9 Å². The molecule has 1 amide bonds. The SMILES string of the molecule is CCCNC(=O)/C(=C/c1ccsc1)c1nc2ccccc2[nH]1. The van der Waals surface area contributed by atoms with E-state index in [9.17, 15) is 4.79 Å². The number of amides is 1. The van der Waals surface area contributed by atoms with Gasteiger partial charge in [-0.05, 0) is 47.0 Å². The number of imidazole rings is 1. The number of nitrogens with one attached hydrogen (secondary N) is 2. The van der Waals surface area contributed by atoms with Crippen LogP contribution >= 0.6 is 11.3 Å². The summed E-state index contributed by atoms with van der Waals surface area (Å²) in [5.41, 5.74) is 3.35. The molecule has 0 fully saturated rings. The predicted molar refractivity (Wildman–Crippen MR) is 91.6 cm³/mol. The van der Waals surface area contributed by atoms with Crippen LogP contribution in [0.15, 0.2) is 41.1 Å². The minimum Gasteiger partial charge on any atom is -0.352 e. The van der Waals surface area contributed by atoms with Crippen LogP contribution in [-0.4, -0.2) is 22.4 Å². The lowest BCUT2D eigenvalue weighted by atomic mass is 10.1. The largest absolute Gasteiger partial charge is 0.352 e. The molecule has 5 heteroatoms. The molecule has 22 heavy (non-hydrogen) atoms. The molecule has 0 aliphatic carbocycles. The van der Waals surface area contributed by atoms with Gasteiger partial charge in [0, 0.05) is 6.54 Å². The molecule has 3 aromatic rings. The summed E-state index contributed by atoms with van der Waals surface area (Å²) in [7, 11) is 0. The van der Waals surface area contributed by atoms with Gasteiger partial charge in [0.2, 0.25) is 0 Å². The van der Waals surface area contributed by atoms with Crippen molar-refractivity contribution < 1.29 is 4.79 Å². The molecular formula is C17H17N3OS. The number of hydrogen-bond donors (Lipinski definition) is 2. The van der Waals surface area contributed by atoms with E-state index in [1.54, 1.807) is 11.3 Å². The molecule has 1 aromatic carbocycles. The van der Waals surface area contributed by atoms with E-state index in [0.717, 1.165) is 23.0 Å². The Kier molecular flexibility index (Phi) is 4.34. The third-order valence-electron chi connectivity index (χ3n) is 3.28. The Hall–Kier alpha value is -2.40. The zero-order valence-electron chi connectivity index (χ0n) is 12.3. The monoisotopic (exact) mass is 311 g/mol. The van der Waals surface area contributed by atoms with Gasteiger partial charge in [-0.2, -0.15) is 11.3 Å². The van der Waals surface area contributed by atoms with Crippen molar-refractivity contribution in [2.24, 2.45) is 0 Å². The van der Waals surface area contributed by atoms with Crippen LogP contribution in [0.2, 0.25) is 0 Å². The minimum absolute atomic E-state index is 0.105. The summed E-state index contributed by atoms with van der Waals surface area (Å²) in [6.07, 6.45) is 2.77. The normalized spacial score (nSPS) is 11.8. The molecule has 2 aromatic heterocycles. The smallest absolute Gasteiger partial charge is 0.255 e. The van der Waals surface area contributed by atoms with Crippen molar-refractivity contribution in [3.05, 3.63) is 52.5 Å². The molecule has 0 bridgehead atoms. The summed E-state index contributed by atoms with van der Waals surface area (Å²) >= 11 is 1.60.